The minimum Gasteiger partial charge on any atom is -0.120 e. The van der Waals surface area contributed by atoms with Gasteiger partial charge in [-0.1, -0.05) is 36.4 Å². The lowest BCUT2D eigenvalue weighted by Gasteiger charge is -2.30. The number of aromatic nitrogens is 2. The Balaban J connectivity index is 1.68. The molecule has 0 amide bonds. The maximum absolute atomic E-state index is 2.62. The fraction of sp³-hybridized carbons (Fsp3) is 0.120. The van der Waals surface area contributed by atoms with Crippen molar-refractivity contribution in [1.82, 2.24) is 0 Å². The molecule has 3 aliphatic heterocycles. The quantitative estimate of drug-likeness (QED) is 0.427. The van der Waals surface area contributed by atoms with E-state index in [0.29, 0.717) is 0 Å². The SMILES string of the molecule is c1ccc2c(c1)CC13Cc4ccccc4-c4cccc([n+]41)-c1cccc-2[n+]13. The molecule has 0 saturated heterocycles. The van der Waals surface area contributed by atoms with E-state index in [2.05, 4.69) is 94.1 Å². The first-order valence-electron chi connectivity index (χ1n) is 9.65. The molecule has 0 aliphatic carbocycles. The summed E-state index contributed by atoms with van der Waals surface area (Å²) in [6, 6.07) is 31.4. The van der Waals surface area contributed by atoms with Crippen LogP contribution in [-0.2, 0) is 18.5 Å². The monoisotopic (exact) mass is 346 g/mol. The van der Waals surface area contributed by atoms with Gasteiger partial charge in [0.1, 0.15) is 12.8 Å². The summed E-state index contributed by atoms with van der Waals surface area (Å²) in [4.78, 5) is 0. The molecule has 2 aromatic heterocycles. The first-order chi connectivity index (χ1) is 13.4. The van der Waals surface area contributed by atoms with Crippen molar-refractivity contribution in [2.24, 2.45) is 0 Å². The van der Waals surface area contributed by atoms with Crippen LogP contribution in [0.5, 0.6) is 0 Å². The molecular weight excluding hydrogens is 328 g/mol. The minimum absolute atomic E-state index is 0.0828. The lowest BCUT2D eigenvalue weighted by Crippen LogP contribution is -2.75. The van der Waals surface area contributed by atoms with Crippen LogP contribution >= 0.6 is 0 Å². The van der Waals surface area contributed by atoms with Gasteiger partial charge in [-0.3, -0.25) is 0 Å². The maximum atomic E-state index is 2.62. The number of nitrogens with zero attached hydrogens (tertiary/aromatic N) is 2. The van der Waals surface area contributed by atoms with Gasteiger partial charge in [-0.25, -0.2) is 0 Å². The van der Waals surface area contributed by atoms with Crippen molar-refractivity contribution < 1.29 is 9.13 Å². The van der Waals surface area contributed by atoms with Crippen molar-refractivity contribution in [3.05, 3.63) is 96.1 Å². The van der Waals surface area contributed by atoms with Crippen LogP contribution in [-0.4, -0.2) is 0 Å². The summed E-state index contributed by atoms with van der Waals surface area (Å²) < 4.78 is 5.23. The van der Waals surface area contributed by atoms with Crippen LogP contribution in [0, 0.1) is 0 Å². The second-order valence-corrected chi connectivity index (χ2v) is 7.91. The lowest BCUT2D eigenvalue weighted by molar-refractivity contribution is -0.956. The van der Waals surface area contributed by atoms with Gasteiger partial charge in [-0.2, -0.15) is 0 Å². The zero-order valence-corrected chi connectivity index (χ0v) is 14.9. The third-order valence-electron chi connectivity index (χ3n) is 6.61. The van der Waals surface area contributed by atoms with Gasteiger partial charge in [0.05, 0.1) is 11.1 Å². The van der Waals surface area contributed by atoms with Crippen LogP contribution in [0.3, 0.4) is 0 Å². The van der Waals surface area contributed by atoms with E-state index < -0.39 is 0 Å². The molecule has 126 valence electrons. The second kappa shape index (κ2) is 4.52. The molecule has 0 fully saturated rings. The summed E-state index contributed by atoms with van der Waals surface area (Å²) in [5.41, 5.74) is 10.9. The number of hydrogen-bond acceptors (Lipinski definition) is 0. The van der Waals surface area contributed by atoms with Crippen molar-refractivity contribution in [2.75, 3.05) is 0 Å². The van der Waals surface area contributed by atoms with Crippen molar-refractivity contribution in [3.63, 3.8) is 0 Å². The van der Waals surface area contributed by atoms with Crippen LogP contribution in [0.25, 0.3) is 33.9 Å². The number of rotatable bonds is 0. The molecule has 27 heavy (non-hydrogen) atoms. The Morgan fingerprint density at radius 1 is 0.481 bits per heavy atom. The molecule has 2 aromatic carbocycles. The molecular formula is C25H18N2+2. The van der Waals surface area contributed by atoms with Gasteiger partial charge in [0.25, 0.3) is 11.4 Å². The normalized spacial score (nSPS) is 16.1. The summed E-state index contributed by atoms with van der Waals surface area (Å²) in [6.07, 6.45) is 2.06. The number of pyridine rings is 2. The third kappa shape index (κ3) is 1.50. The highest BCUT2D eigenvalue weighted by Gasteiger charge is 2.65. The molecule has 0 unspecified atom stereocenters. The van der Waals surface area contributed by atoms with E-state index >= 15 is 0 Å². The molecule has 0 N–H and O–H groups in total. The third-order valence-corrected chi connectivity index (χ3v) is 6.61. The lowest BCUT2D eigenvalue weighted by atomic mass is 9.81. The Morgan fingerprint density at radius 2 is 0.926 bits per heavy atom. The number of benzene rings is 2. The van der Waals surface area contributed by atoms with E-state index in [9.17, 15) is 0 Å². The van der Waals surface area contributed by atoms with E-state index in [1.807, 2.05) is 0 Å². The topological polar surface area (TPSA) is 7.76 Å². The Kier molecular flexibility index (Phi) is 2.33. The van der Waals surface area contributed by atoms with Crippen LogP contribution in [0.2, 0.25) is 0 Å². The molecule has 2 heteroatoms. The van der Waals surface area contributed by atoms with Crippen molar-refractivity contribution >= 4 is 0 Å². The zero-order valence-electron chi connectivity index (χ0n) is 14.9. The Hall–Kier alpha value is -3.26. The van der Waals surface area contributed by atoms with E-state index in [4.69, 9.17) is 0 Å². The van der Waals surface area contributed by atoms with E-state index in [1.165, 1.54) is 45.0 Å². The molecule has 0 saturated carbocycles. The molecule has 3 aliphatic rings. The average molecular weight is 346 g/mol. The van der Waals surface area contributed by atoms with Crippen molar-refractivity contribution in [1.29, 1.82) is 0 Å². The number of hydrogen-bond donors (Lipinski definition) is 0. The Labute approximate surface area is 158 Å². The van der Waals surface area contributed by atoms with Crippen LogP contribution in [0.1, 0.15) is 11.1 Å². The van der Waals surface area contributed by atoms with E-state index in [0.717, 1.165) is 12.8 Å². The van der Waals surface area contributed by atoms with Crippen molar-refractivity contribution in [3.8, 4) is 33.9 Å². The van der Waals surface area contributed by atoms with E-state index in [1.54, 1.807) is 0 Å². The summed E-state index contributed by atoms with van der Waals surface area (Å²) in [5.74, 6) is 0. The van der Waals surface area contributed by atoms with Gasteiger partial charge in [-0.15, -0.1) is 9.13 Å². The summed E-state index contributed by atoms with van der Waals surface area (Å²) >= 11 is 0. The minimum atomic E-state index is -0.0828. The van der Waals surface area contributed by atoms with Crippen LogP contribution in [0.4, 0.5) is 0 Å². The largest absolute Gasteiger partial charge is 0.371 e. The Morgan fingerprint density at radius 3 is 1.44 bits per heavy atom. The number of fused-ring (bicyclic) bond motifs is 5. The van der Waals surface area contributed by atoms with Gasteiger partial charge < -0.3 is 0 Å². The highest BCUT2D eigenvalue weighted by molar-refractivity contribution is 5.68. The fourth-order valence-electron chi connectivity index (χ4n) is 5.67. The fourth-order valence-corrected chi connectivity index (χ4v) is 5.67. The second-order valence-electron chi connectivity index (χ2n) is 7.91. The molecule has 2 nitrogen and oxygen atoms in total. The summed E-state index contributed by atoms with van der Waals surface area (Å²) in [6.45, 7) is 0. The van der Waals surface area contributed by atoms with Crippen molar-refractivity contribution in [2.45, 2.75) is 18.5 Å². The molecule has 0 bridgehead atoms. The predicted octanol–water partition coefficient (Wildman–Crippen LogP) is 3.89. The van der Waals surface area contributed by atoms with Crippen LogP contribution in [0.15, 0.2) is 84.9 Å². The van der Waals surface area contributed by atoms with Gasteiger partial charge in [0.15, 0.2) is 0 Å². The van der Waals surface area contributed by atoms with E-state index in [-0.39, 0.29) is 5.66 Å². The highest BCUT2D eigenvalue weighted by Crippen LogP contribution is 2.43. The van der Waals surface area contributed by atoms with Crippen LogP contribution < -0.4 is 9.13 Å². The average Bonchev–Trinajstić information content (AvgIpc) is 3.01. The first-order valence-corrected chi connectivity index (χ1v) is 9.65. The summed E-state index contributed by atoms with van der Waals surface area (Å²) in [7, 11) is 0. The molecule has 5 heterocycles. The molecule has 7 rings (SSSR count). The smallest absolute Gasteiger partial charge is 0.120 e. The molecule has 0 atom stereocenters. The highest BCUT2D eigenvalue weighted by atomic mass is 15.3. The molecule has 0 radical (unpaired) electrons. The van der Waals surface area contributed by atoms with Gasteiger partial charge in [0, 0.05) is 24.3 Å². The van der Waals surface area contributed by atoms with Gasteiger partial charge in [-0.05, 0) is 35.4 Å². The summed E-state index contributed by atoms with van der Waals surface area (Å²) in [5, 5.41) is 0. The predicted molar refractivity (Wildman–Crippen MR) is 104 cm³/mol. The van der Waals surface area contributed by atoms with Gasteiger partial charge in [0.2, 0.25) is 11.4 Å². The standard InChI is InChI=1S/C25H18N2/c1-3-9-19-17(7-1)15-25-16-18-8-2-4-10-20(18)22-12-6-14-24(27(22)25)23-13-5-11-21(19)26(23)25/h1-14H,15-16H2/q+2. The Bertz CT molecular complexity index is 1180. The first kappa shape index (κ1) is 13.9. The molecule has 4 aromatic rings. The maximum Gasteiger partial charge on any atom is 0.371 e. The van der Waals surface area contributed by atoms with Gasteiger partial charge >= 0.3 is 5.66 Å². The molecule has 1 spiro atoms. The zero-order chi connectivity index (χ0) is 17.6.